The van der Waals surface area contributed by atoms with E-state index in [1.165, 1.54) is 0 Å². The van der Waals surface area contributed by atoms with Crippen LogP contribution in [0.5, 0.6) is 0 Å². The Morgan fingerprint density at radius 2 is 2.07 bits per heavy atom. The van der Waals surface area contributed by atoms with Gasteiger partial charge in [0.2, 0.25) is 0 Å². The summed E-state index contributed by atoms with van der Waals surface area (Å²) in [6, 6.07) is 7.62. The third-order valence-corrected chi connectivity index (χ3v) is 2.28. The summed E-state index contributed by atoms with van der Waals surface area (Å²) in [5.41, 5.74) is 1.74. The summed E-state index contributed by atoms with van der Waals surface area (Å²) in [4.78, 5) is 4.19. The predicted octanol–water partition coefficient (Wildman–Crippen LogP) is 2.30. The first kappa shape index (κ1) is 8.23. The number of hydrogen-bond acceptors (Lipinski definition) is 3. The van der Waals surface area contributed by atoms with Gasteiger partial charge in [0.15, 0.2) is 11.4 Å². The molecular formula is C11H9N3O. The summed E-state index contributed by atoms with van der Waals surface area (Å²) in [5.74, 6) is 1.70. The Morgan fingerprint density at radius 3 is 2.87 bits per heavy atom. The Balaban J connectivity index is 2.30. The Kier molecular flexibility index (Phi) is 1.62. The van der Waals surface area contributed by atoms with Gasteiger partial charge in [-0.05, 0) is 25.1 Å². The van der Waals surface area contributed by atoms with Gasteiger partial charge in [-0.3, -0.25) is 0 Å². The molecule has 3 rings (SSSR count). The molecule has 3 aromatic rings. The average Bonchev–Trinajstić information content (AvgIpc) is 2.84. The lowest BCUT2D eigenvalue weighted by Crippen LogP contribution is -1.93. The molecule has 15 heavy (non-hydrogen) atoms. The second-order valence-electron chi connectivity index (χ2n) is 3.34. The van der Waals surface area contributed by atoms with Gasteiger partial charge < -0.3 is 4.42 Å². The minimum Gasteiger partial charge on any atom is -0.460 e. The van der Waals surface area contributed by atoms with E-state index in [0.717, 1.165) is 22.9 Å². The zero-order valence-corrected chi connectivity index (χ0v) is 8.21. The minimum atomic E-state index is 0.809. The highest BCUT2D eigenvalue weighted by molar-refractivity contribution is 5.56. The van der Waals surface area contributed by atoms with E-state index in [9.17, 15) is 0 Å². The summed E-state index contributed by atoms with van der Waals surface area (Å²) in [5, 5.41) is 4.20. The fourth-order valence-electron chi connectivity index (χ4n) is 1.59. The molecule has 0 amide bonds. The van der Waals surface area contributed by atoms with Crippen LogP contribution in [0.25, 0.3) is 17.1 Å². The van der Waals surface area contributed by atoms with E-state index in [4.69, 9.17) is 4.42 Å². The standard InChI is InChI=1S/C11H9N3O/c1-8-2-3-10(15-8)9-4-6-12-11-5-7-13-14(9)11/h2-7H,1H3. The van der Waals surface area contributed by atoms with Crippen LogP contribution < -0.4 is 0 Å². The van der Waals surface area contributed by atoms with Gasteiger partial charge in [-0.1, -0.05) is 0 Å². The zero-order chi connectivity index (χ0) is 10.3. The molecule has 0 spiro atoms. The molecule has 0 aromatic carbocycles. The second kappa shape index (κ2) is 2.95. The van der Waals surface area contributed by atoms with Crippen LogP contribution in [0.4, 0.5) is 0 Å². The molecule has 0 saturated heterocycles. The highest BCUT2D eigenvalue weighted by Gasteiger charge is 2.07. The Hall–Kier alpha value is -2.10. The fraction of sp³-hybridized carbons (Fsp3) is 0.0909. The number of aromatic nitrogens is 3. The van der Waals surface area contributed by atoms with Crippen molar-refractivity contribution in [2.75, 3.05) is 0 Å². The maximum atomic E-state index is 5.56. The van der Waals surface area contributed by atoms with Crippen molar-refractivity contribution in [2.24, 2.45) is 0 Å². The molecule has 0 N–H and O–H groups in total. The SMILES string of the molecule is Cc1ccc(-c2ccnc3ccnn23)o1. The first-order valence-corrected chi connectivity index (χ1v) is 4.70. The highest BCUT2D eigenvalue weighted by Crippen LogP contribution is 2.21. The average molecular weight is 199 g/mol. The topological polar surface area (TPSA) is 43.3 Å². The monoisotopic (exact) mass is 199 g/mol. The van der Waals surface area contributed by atoms with Gasteiger partial charge in [-0.15, -0.1) is 0 Å². The van der Waals surface area contributed by atoms with Gasteiger partial charge in [0, 0.05) is 12.3 Å². The third-order valence-electron chi connectivity index (χ3n) is 2.28. The maximum absolute atomic E-state index is 5.56. The molecule has 0 aliphatic heterocycles. The Bertz CT molecular complexity index is 609. The van der Waals surface area contributed by atoms with Crippen molar-refractivity contribution in [3.8, 4) is 11.5 Å². The summed E-state index contributed by atoms with van der Waals surface area (Å²) >= 11 is 0. The van der Waals surface area contributed by atoms with Crippen molar-refractivity contribution >= 4 is 5.65 Å². The van der Waals surface area contributed by atoms with Crippen LogP contribution in [0, 0.1) is 6.92 Å². The summed E-state index contributed by atoms with van der Waals surface area (Å²) < 4.78 is 7.32. The number of nitrogens with zero attached hydrogens (tertiary/aromatic N) is 3. The lowest BCUT2D eigenvalue weighted by molar-refractivity contribution is 0.544. The quantitative estimate of drug-likeness (QED) is 0.604. The zero-order valence-electron chi connectivity index (χ0n) is 8.21. The molecule has 0 atom stereocenters. The van der Waals surface area contributed by atoms with E-state index in [2.05, 4.69) is 10.1 Å². The van der Waals surface area contributed by atoms with Crippen LogP contribution in [-0.4, -0.2) is 14.6 Å². The number of aryl methyl sites for hydroxylation is 1. The molecule has 4 nitrogen and oxygen atoms in total. The molecular weight excluding hydrogens is 190 g/mol. The lowest BCUT2D eigenvalue weighted by atomic mass is 10.3. The van der Waals surface area contributed by atoms with Crippen LogP contribution >= 0.6 is 0 Å². The first-order chi connectivity index (χ1) is 7.34. The van der Waals surface area contributed by atoms with E-state index < -0.39 is 0 Å². The van der Waals surface area contributed by atoms with Gasteiger partial charge in [0.25, 0.3) is 0 Å². The van der Waals surface area contributed by atoms with E-state index >= 15 is 0 Å². The van der Waals surface area contributed by atoms with Crippen LogP contribution in [-0.2, 0) is 0 Å². The molecule has 74 valence electrons. The minimum absolute atomic E-state index is 0.809. The van der Waals surface area contributed by atoms with Crippen LogP contribution in [0.15, 0.2) is 41.1 Å². The molecule has 4 heteroatoms. The molecule has 0 bridgehead atoms. The normalized spacial score (nSPS) is 11.0. The van der Waals surface area contributed by atoms with E-state index in [1.54, 1.807) is 16.9 Å². The molecule has 0 aliphatic carbocycles. The number of hydrogen-bond donors (Lipinski definition) is 0. The largest absolute Gasteiger partial charge is 0.460 e. The molecule has 3 aromatic heterocycles. The number of fused-ring (bicyclic) bond motifs is 1. The summed E-state index contributed by atoms with van der Waals surface area (Å²) in [7, 11) is 0. The fourth-order valence-corrected chi connectivity index (χ4v) is 1.59. The van der Waals surface area contributed by atoms with Crippen molar-refractivity contribution in [3.05, 3.63) is 42.4 Å². The molecule has 0 radical (unpaired) electrons. The third kappa shape index (κ3) is 1.22. The van der Waals surface area contributed by atoms with Gasteiger partial charge in [-0.2, -0.15) is 5.10 Å². The van der Waals surface area contributed by atoms with E-state index in [1.807, 2.05) is 31.2 Å². The van der Waals surface area contributed by atoms with Crippen molar-refractivity contribution in [1.29, 1.82) is 0 Å². The van der Waals surface area contributed by atoms with Crippen LogP contribution in [0.3, 0.4) is 0 Å². The van der Waals surface area contributed by atoms with Gasteiger partial charge in [0.1, 0.15) is 11.5 Å². The van der Waals surface area contributed by atoms with Crippen molar-refractivity contribution in [1.82, 2.24) is 14.6 Å². The Labute approximate surface area is 86.2 Å². The highest BCUT2D eigenvalue weighted by atomic mass is 16.3. The molecule has 0 saturated carbocycles. The summed E-state index contributed by atoms with van der Waals surface area (Å²) in [6.45, 7) is 1.92. The molecule has 0 fully saturated rings. The van der Waals surface area contributed by atoms with Crippen molar-refractivity contribution < 1.29 is 4.42 Å². The van der Waals surface area contributed by atoms with E-state index in [0.29, 0.717) is 0 Å². The van der Waals surface area contributed by atoms with Gasteiger partial charge in [0.05, 0.1) is 6.20 Å². The molecule has 0 unspecified atom stereocenters. The second-order valence-corrected chi connectivity index (χ2v) is 3.34. The van der Waals surface area contributed by atoms with Crippen molar-refractivity contribution in [3.63, 3.8) is 0 Å². The van der Waals surface area contributed by atoms with Crippen LogP contribution in [0.2, 0.25) is 0 Å². The van der Waals surface area contributed by atoms with Crippen LogP contribution in [0.1, 0.15) is 5.76 Å². The van der Waals surface area contributed by atoms with Gasteiger partial charge in [-0.25, -0.2) is 9.50 Å². The predicted molar refractivity (Wildman–Crippen MR) is 55.4 cm³/mol. The smallest absolute Gasteiger partial charge is 0.155 e. The molecule has 3 heterocycles. The summed E-state index contributed by atoms with van der Waals surface area (Å²) in [6.07, 6.45) is 3.48. The Morgan fingerprint density at radius 1 is 1.13 bits per heavy atom. The van der Waals surface area contributed by atoms with Crippen molar-refractivity contribution in [2.45, 2.75) is 6.92 Å². The van der Waals surface area contributed by atoms with E-state index in [-0.39, 0.29) is 0 Å². The first-order valence-electron chi connectivity index (χ1n) is 4.70. The molecule has 0 aliphatic rings. The lowest BCUT2D eigenvalue weighted by Gasteiger charge is -1.99. The number of furan rings is 1. The maximum Gasteiger partial charge on any atom is 0.155 e. The number of rotatable bonds is 1. The van der Waals surface area contributed by atoms with Gasteiger partial charge >= 0.3 is 0 Å².